The molecule has 0 saturated carbocycles. The lowest BCUT2D eigenvalue weighted by atomic mass is 10.1. The number of fused-ring (bicyclic) bond motifs is 1. The Kier molecular flexibility index (Phi) is 5.09. The Hall–Kier alpha value is -3.34. The fourth-order valence-electron chi connectivity index (χ4n) is 2.87. The van der Waals surface area contributed by atoms with Gasteiger partial charge in [0, 0.05) is 6.07 Å². The molecule has 0 bridgehead atoms. The van der Waals surface area contributed by atoms with E-state index in [0.29, 0.717) is 26.8 Å². The number of aromatic nitrogens is 3. The van der Waals surface area contributed by atoms with Gasteiger partial charge in [-0.3, -0.25) is 4.72 Å². The molecule has 0 atom stereocenters. The molecule has 2 N–H and O–H groups in total. The normalized spacial score (nSPS) is 12.0. The van der Waals surface area contributed by atoms with E-state index in [2.05, 4.69) is 15.0 Å². The smallest absolute Gasteiger partial charge is 0.422 e. The van der Waals surface area contributed by atoms with Gasteiger partial charge in [0.2, 0.25) is 0 Å². The highest BCUT2D eigenvalue weighted by molar-refractivity contribution is 7.91. The lowest BCUT2D eigenvalue weighted by molar-refractivity contribution is 0.147. The van der Waals surface area contributed by atoms with E-state index in [9.17, 15) is 18.3 Å². The largest absolute Gasteiger partial charge is 0.497 e. The first-order valence-corrected chi connectivity index (χ1v) is 10.0. The van der Waals surface area contributed by atoms with Gasteiger partial charge in [-0.05, 0) is 51.1 Å². The third kappa shape index (κ3) is 4.09. The predicted octanol–water partition coefficient (Wildman–Crippen LogP) is 2.86. The average molecular weight is 419 g/mol. The minimum atomic E-state index is -4.35. The summed E-state index contributed by atoms with van der Waals surface area (Å²) in [4.78, 5) is 11.5. The molecule has 1 amide bonds. The minimum absolute atomic E-state index is 0.190. The van der Waals surface area contributed by atoms with Crippen molar-refractivity contribution in [3.8, 4) is 11.4 Å². The van der Waals surface area contributed by atoms with Crippen molar-refractivity contribution < 1.29 is 23.1 Å². The molecule has 0 aliphatic heterocycles. The van der Waals surface area contributed by atoms with Gasteiger partial charge in [0.15, 0.2) is 0 Å². The van der Waals surface area contributed by atoms with Crippen LogP contribution in [-0.4, -0.2) is 51.6 Å². The summed E-state index contributed by atoms with van der Waals surface area (Å²) in [5.74, 6) is 0.641. The zero-order valence-electron chi connectivity index (χ0n) is 16.3. The summed E-state index contributed by atoms with van der Waals surface area (Å²) in [5.41, 5.74) is 0.898. The molecule has 11 heteroatoms. The molecular formula is C18H21N5O5S. The molecule has 10 nitrogen and oxygen atoms in total. The van der Waals surface area contributed by atoms with E-state index in [-0.39, 0.29) is 5.69 Å². The first-order valence-electron chi connectivity index (χ1n) is 8.59. The van der Waals surface area contributed by atoms with E-state index in [1.165, 1.54) is 26.8 Å². The van der Waals surface area contributed by atoms with Gasteiger partial charge in [-0.2, -0.15) is 12.7 Å². The molecule has 0 spiro atoms. The molecule has 1 aromatic heterocycles. The fraction of sp³-hybridized carbons (Fsp3) is 0.278. The van der Waals surface area contributed by atoms with Crippen LogP contribution in [0.25, 0.3) is 16.7 Å². The lowest BCUT2D eigenvalue weighted by Gasteiger charge is -2.31. The van der Waals surface area contributed by atoms with Gasteiger partial charge in [-0.25, -0.2) is 9.48 Å². The van der Waals surface area contributed by atoms with Crippen molar-refractivity contribution in [2.45, 2.75) is 26.3 Å². The Morgan fingerprint density at radius 3 is 2.55 bits per heavy atom. The molecule has 2 aromatic carbocycles. The van der Waals surface area contributed by atoms with Crippen LogP contribution in [-0.2, 0) is 10.2 Å². The molecule has 154 valence electrons. The summed E-state index contributed by atoms with van der Waals surface area (Å²) >= 11 is 0. The second-order valence-corrected chi connectivity index (χ2v) is 8.75. The van der Waals surface area contributed by atoms with Gasteiger partial charge in [0.25, 0.3) is 0 Å². The molecule has 1 heterocycles. The number of nitrogens with one attached hydrogen (secondary N) is 1. The maximum atomic E-state index is 12.7. The highest BCUT2D eigenvalue weighted by Crippen LogP contribution is 2.25. The number of ether oxygens (including phenoxy) is 1. The summed E-state index contributed by atoms with van der Waals surface area (Å²) in [5, 5.41) is 17.6. The minimum Gasteiger partial charge on any atom is -0.497 e. The highest BCUT2D eigenvalue weighted by Gasteiger charge is 2.37. The van der Waals surface area contributed by atoms with E-state index in [0.717, 1.165) is 0 Å². The SMILES string of the molecule is COc1ccc2c(c1)nnn2-c1cccc(NS(=O)(=O)N(C(=O)O)C(C)(C)C)c1. The second kappa shape index (κ2) is 7.24. The maximum Gasteiger partial charge on any atom is 0.422 e. The van der Waals surface area contributed by atoms with E-state index < -0.39 is 21.8 Å². The third-order valence-electron chi connectivity index (χ3n) is 4.01. The van der Waals surface area contributed by atoms with Crippen LogP contribution in [0.4, 0.5) is 10.5 Å². The Morgan fingerprint density at radius 1 is 1.21 bits per heavy atom. The van der Waals surface area contributed by atoms with Crippen LogP contribution in [0, 0.1) is 0 Å². The fourth-order valence-corrected chi connectivity index (χ4v) is 4.31. The molecule has 3 aromatic rings. The van der Waals surface area contributed by atoms with Crippen molar-refractivity contribution in [3.63, 3.8) is 0 Å². The Morgan fingerprint density at radius 2 is 1.93 bits per heavy atom. The van der Waals surface area contributed by atoms with Gasteiger partial charge in [0.05, 0.1) is 29.5 Å². The summed E-state index contributed by atoms with van der Waals surface area (Å²) < 4.78 is 34.7. The Bertz CT molecular complexity index is 1170. The van der Waals surface area contributed by atoms with Crippen molar-refractivity contribution in [2.75, 3.05) is 11.8 Å². The topological polar surface area (TPSA) is 127 Å². The number of nitrogens with zero attached hydrogens (tertiary/aromatic N) is 4. The summed E-state index contributed by atoms with van der Waals surface area (Å²) in [6.45, 7) is 4.48. The van der Waals surface area contributed by atoms with Crippen LogP contribution in [0.5, 0.6) is 5.75 Å². The second-order valence-electron chi connectivity index (χ2n) is 7.23. The van der Waals surface area contributed by atoms with Crippen molar-refractivity contribution in [1.29, 1.82) is 0 Å². The van der Waals surface area contributed by atoms with Gasteiger partial charge in [-0.15, -0.1) is 5.10 Å². The molecule has 0 aliphatic carbocycles. The lowest BCUT2D eigenvalue weighted by Crippen LogP contribution is -2.50. The molecule has 0 radical (unpaired) electrons. The predicted molar refractivity (Wildman–Crippen MR) is 108 cm³/mol. The third-order valence-corrected chi connectivity index (χ3v) is 5.69. The van der Waals surface area contributed by atoms with E-state index >= 15 is 0 Å². The van der Waals surface area contributed by atoms with Crippen molar-refractivity contribution in [3.05, 3.63) is 42.5 Å². The maximum absolute atomic E-state index is 12.7. The first-order chi connectivity index (χ1) is 13.5. The number of anilines is 1. The van der Waals surface area contributed by atoms with Gasteiger partial charge in [-0.1, -0.05) is 11.3 Å². The number of benzene rings is 2. The molecule has 0 saturated heterocycles. The summed E-state index contributed by atoms with van der Waals surface area (Å²) in [6, 6.07) is 11.7. The van der Waals surface area contributed by atoms with Crippen molar-refractivity contribution in [2.24, 2.45) is 0 Å². The number of methoxy groups -OCH3 is 1. The number of hydrogen-bond donors (Lipinski definition) is 2. The van der Waals surface area contributed by atoms with Crippen molar-refractivity contribution in [1.82, 2.24) is 19.3 Å². The van der Waals surface area contributed by atoms with Gasteiger partial charge in [0.1, 0.15) is 11.3 Å². The number of carboxylic acid groups (broad SMARTS) is 1. The van der Waals surface area contributed by atoms with Crippen LogP contribution >= 0.6 is 0 Å². The Labute approximate surface area is 167 Å². The molecular weight excluding hydrogens is 398 g/mol. The standard InChI is InChI=1S/C18H21N5O5S/c1-18(2,3)23(17(24)25)29(26,27)20-12-6-5-7-13(10-12)22-16-9-8-14(28-4)11-15(16)19-21-22/h5-11,20H,1-4H3,(H,24,25). The number of hydrogen-bond acceptors (Lipinski definition) is 6. The average Bonchev–Trinajstić information content (AvgIpc) is 3.02. The van der Waals surface area contributed by atoms with Crippen LogP contribution in [0.2, 0.25) is 0 Å². The molecule has 0 unspecified atom stereocenters. The molecule has 3 rings (SSSR count). The van der Waals surface area contributed by atoms with E-state index in [1.807, 2.05) is 0 Å². The number of amides is 1. The Balaban J connectivity index is 1.97. The van der Waals surface area contributed by atoms with E-state index in [4.69, 9.17) is 4.74 Å². The zero-order valence-corrected chi connectivity index (χ0v) is 17.1. The monoisotopic (exact) mass is 419 g/mol. The quantitative estimate of drug-likeness (QED) is 0.651. The first kappa shape index (κ1) is 20.4. The molecule has 0 aliphatic rings. The van der Waals surface area contributed by atoms with Crippen LogP contribution in [0.3, 0.4) is 0 Å². The van der Waals surface area contributed by atoms with Crippen LogP contribution in [0.15, 0.2) is 42.5 Å². The van der Waals surface area contributed by atoms with Gasteiger partial charge >= 0.3 is 16.3 Å². The van der Waals surface area contributed by atoms with Gasteiger partial charge < -0.3 is 9.84 Å². The highest BCUT2D eigenvalue weighted by atomic mass is 32.2. The zero-order chi connectivity index (χ0) is 21.4. The van der Waals surface area contributed by atoms with Crippen LogP contribution in [0.1, 0.15) is 20.8 Å². The van der Waals surface area contributed by atoms with Crippen molar-refractivity contribution >= 4 is 33.0 Å². The summed E-state index contributed by atoms with van der Waals surface area (Å²) in [6.07, 6.45) is -1.57. The van der Waals surface area contributed by atoms with E-state index in [1.54, 1.807) is 48.2 Å². The number of carbonyl (C=O) groups is 1. The van der Waals surface area contributed by atoms with Crippen LogP contribution < -0.4 is 9.46 Å². The summed E-state index contributed by atoms with van der Waals surface area (Å²) in [7, 11) is -2.79. The molecule has 29 heavy (non-hydrogen) atoms. The molecule has 0 fully saturated rings. The number of rotatable bonds is 5.